The second-order valence-corrected chi connectivity index (χ2v) is 5.98. The molecule has 1 aliphatic heterocycles. The van der Waals surface area contributed by atoms with Crippen molar-refractivity contribution in [2.24, 2.45) is 0 Å². The van der Waals surface area contributed by atoms with Crippen LogP contribution in [0.4, 0.5) is 11.4 Å². The van der Waals surface area contributed by atoms with Gasteiger partial charge in [0.2, 0.25) is 0 Å². The Balaban J connectivity index is 1.81. The minimum absolute atomic E-state index is 0.0710. The lowest BCUT2D eigenvalue weighted by atomic mass is 10.0. The number of anilines is 2. The molecule has 0 fully saturated rings. The summed E-state index contributed by atoms with van der Waals surface area (Å²) in [7, 11) is 0. The molecule has 0 atom stereocenters. The molecule has 0 aliphatic carbocycles. The smallest absolute Gasteiger partial charge is 0.267 e. The van der Waals surface area contributed by atoms with E-state index < -0.39 is 5.91 Å². The number of fused-ring (bicyclic) bond motifs is 1. The summed E-state index contributed by atoms with van der Waals surface area (Å²) >= 11 is 5.83. The molecule has 2 aromatic rings. The number of para-hydroxylation sites is 1. The third-order valence-electron chi connectivity index (χ3n) is 3.90. The molecule has 1 N–H and O–H groups in total. The lowest BCUT2D eigenvalue weighted by Gasteiger charge is -2.28. The van der Waals surface area contributed by atoms with Crippen LogP contribution in [0.5, 0.6) is 0 Å². The van der Waals surface area contributed by atoms with Gasteiger partial charge in [0.25, 0.3) is 5.91 Å². The van der Waals surface area contributed by atoms with Crippen LogP contribution >= 0.6 is 11.6 Å². The number of amides is 1. The van der Waals surface area contributed by atoms with Crippen molar-refractivity contribution in [3.8, 4) is 6.07 Å². The van der Waals surface area contributed by atoms with E-state index in [1.54, 1.807) is 30.5 Å². The maximum atomic E-state index is 12.4. The summed E-state index contributed by atoms with van der Waals surface area (Å²) in [5.41, 5.74) is 2.96. The second kappa shape index (κ2) is 7.20. The van der Waals surface area contributed by atoms with E-state index in [4.69, 9.17) is 11.6 Å². The van der Waals surface area contributed by atoms with Crippen LogP contribution in [0.3, 0.4) is 0 Å². The van der Waals surface area contributed by atoms with Gasteiger partial charge in [0.1, 0.15) is 11.6 Å². The summed E-state index contributed by atoms with van der Waals surface area (Å²) in [5.74, 6) is -0.428. The van der Waals surface area contributed by atoms with Gasteiger partial charge < -0.3 is 10.2 Å². The molecule has 120 valence electrons. The zero-order valence-electron chi connectivity index (χ0n) is 13.0. The van der Waals surface area contributed by atoms with Gasteiger partial charge in [-0.15, -0.1) is 0 Å². The standard InChI is InChI=1S/C19H16ClN3O/c20-16-7-9-17(10-8-16)22-19(24)15(12-21)13-23-11-3-5-14-4-1-2-6-18(14)23/h1-2,4,6-10,13H,3,5,11H2,(H,22,24)/b15-13-. The topological polar surface area (TPSA) is 56.1 Å². The highest BCUT2D eigenvalue weighted by atomic mass is 35.5. The van der Waals surface area contributed by atoms with Crippen LogP contribution in [0.1, 0.15) is 12.0 Å². The largest absolute Gasteiger partial charge is 0.346 e. The molecule has 0 unspecified atom stereocenters. The molecule has 0 radical (unpaired) electrons. The molecule has 0 bridgehead atoms. The molecule has 0 spiro atoms. The number of hydrogen-bond donors (Lipinski definition) is 1. The highest BCUT2D eigenvalue weighted by Gasteiger charge is 2.17. The summed E-state index contributed by atoms with van der Waals surface area (Å²) in [6.45, 7) is 0.788. The van der Waals surface area contributed by atoms with Crippen LogP contribution in [0.25, 0.3) is 0 Å². The number of benzene rings is 2. The fourth-order valence-corrected chi connectivity index (χ4v) is 2.85. The number of nitrogens with zero attached hydrogens (tertiary/aromatic N) is 2. The van der Waals surface area contributed by atoms with Crippen LogP contribution in [0.15, 0.2) is 60.3 Å². The molecular weight excluding hydrogens is 322 g/mol. The molecule has 1 amide bonds. The minimum Gasteiger partial charge on any atom is -0.346 e. The van der Waals surface area contributed by atoms with Gasteiger partial charge in [-0.3, -0.25) is 4.79 Å². The normalized spacial score (nSPS) is 13.8. The molecule has 4 nitrogen and oxygen atoms in total. The van der Waals surface area contributed by atoms with Crippen LogP contribution in [-0.4, -0.2) is 12.5 Å². The molecule has 1 aliphatic rings. The Kier molecular flexibility index (Phi) is 4.83. The zero-order chi connectivity index (χ0) is 16.9. The van der Waals surface area contributed by atoms with Crippen molar-refractivity contribution in [3.63, 3.8) is 0 Å². The van der Waals surface area contributed by atoms with Crippen LogP contribution in [-0.2, 0) is 11.2 Å². The number of nitrogens with one attached hydrogen (secondary N) is 1. The van der Waals surface area contributed by atoms with Crippen molar-refractivity contribution in [1.29, 1.82) is 5.26 Å². The van der Waals surface area contributed by atoms with Crippen molar-refractivity contribution in [3.05, 3.63) is 70.9 Å². The Morgan fingerprint density at radius 2 is 1.96 bits per heavy atom. The first-order valence-corrected chi connectivity index (χ1v) is 8.08. The summed E-state index contributed by atoms with van der Waals surface area (Å²) in [5, 5.41) is 12.7. The van der Waals surface area contributed by atoms with Crippen molar-refractivity contribution < 1.29 is 4.79 Å². The molecule has 0 aromatic heterocycles. The van der Waals surface area contributed by atoms with Gasteiger partial charge in [-0.25, -0.2) is 0 Å². The Morgan fingerprint density at radius 1 is 1.21 bits per heavy atom. The molecule has 3 rings (SSSR count). The number of nitriles is 1. The molecule has 2 aromatic carbocycles. The monoisotopic (exact) mass is 337 g/mol. The molecule has 0 saturated carbocycles. The van der Waals surface area contributed by atoms with Gasteiger partial charge in [0, 0.05) is 29.1 Å². The number of hydrogen-bond acceptors (Lipinski definition) is 3. The van der Waals surface area contributed by atoms with E-state index in [0.29, 0.717) is 10.7 Å². The lowest BCUT2D eigenvalue weighted by Crippen LogP contribution is -2.26. The summed E-state index contributed by atoms with van der Waals surface area (Å²) in [6, 6.07) is 16.8. The molecule has 24 heavy (non-hydrogen) atoms. The van der Waals surface area contributed by atoms with Crippen molar-refractivity contribution in [2.75, 3.05) is 16.8 Å². The first-order valence-electron chi connectivity index (χ1n) is 7.71. The highest BCUT2D eigenvalue weighted by Crippen LogP contribution is 2.27. The first-order chi connectivity index (χ1) is 11.7. The van der Waals surface area contributed by atoms with E-state index in [1.165, 1.54) is 5.56 Å². The number of carbonyl (C=O) groups is 1. The average Bonchev–Trinajstić information content (AvgIpc) is 2.61. The molecule has 0 saturated heterocycles. The quantitative estimate of drug-likeness (QED) is 0.676. The van der Waals surface area contributed by atoms with Gasteiger partial charge in [-0.05, 0) is 48.7 Å². The fraction of sp³-hybridized carbons (Fsp3) is 0.158. The summed E-state index contributed by atoms with van der Waals surface area (Å²) in [4.78, 5) is 14.3. The van der Waals surface area contributed by atoms with E-state index in [-0.39, 0.29) is 5.57 Å². The van der Waals surface area contributed by atoms with Gasteiger partial charge in [-0.2, -0.15) is 5.26 Å². The van der Waals surface area contributed by atoms with E-state index in [1.807, 2.05) is 29.2 Å². The first kappa shape index (κ1) is 16.1. The lowest BCUT2D eigenvalue weighted by molar-refractivity contribution is -0.112. The Morgan fingerprint density at radius 3 is 2.71 bits per heavy atom. The Bertz CT molecular complexity index is 821. The van der Waals surface area contributed by atoms with Gasteiger partial charge >= 0.3 is 0 Å². The SMILES string of the molecule is N#C/C(=C/N1CCCc2ccccc21)C(=O)Nc1ccc(Cl)cc1. The molecule has 5 heteroatoms. The second-order valence-electron chi connectivity index (χ2n) is 5.54. The van der Waals surface area contributed by atoms with Crippen LogP contribution in [0, 0.1) is 11.3 Å². The summed E-state index contributed by atoms with van der Waals surface area (Å²) in [6.07, 6.45) is 3.63. The van der Waals surface area contributed by atoms with E-state index in [2.05, 4.69) is 11.4 Å². The van der Waals surface area contributed by atoms with Crippen LogP contribution in [0.2, 0.25) is 5.02 Å². The number of carbonyl (C=O) groups excluding carboxylic acids is 1. The van der Waals surface area contributed by atoms with E-state index in [0.717, 1.165) is 25.1 Å². The third kappa shape index (κ3) is 3.58. The highest BCUT2D eigenvalue weighted by molar-refractivity contribution is 6.30. The Labute approximate surface area is 146 Å². The number of aryl methyl sites for hydroxylation is 1. The third-order valence-corrected chi connectivity index (χ3v) is 4.15. The number of halogens is 1. The van der Waals surface area contributed by atoms with Crippen LogP contribution < -0.4 is 10.2 Å². The fourth-order valence-electron chi connectivity index (χ4n) is 2.72. The van der Waals surface area contributed by atoms with Gasteiger partial charge in [-0.1, -0.05) is 29.8 Å². The van der Waals surface area contributed by atoms with Gasteiger partial charge in [0.15, 0.2) is 0 Å². The summed E-state index contributed by atoms with van der Waals surface area (Å²) < 4.78 is 0. The predicted octanol–water partition coefficient (Wildman–Crippen LogP) is 4.14. The van der Waals surface area contributed by atoms with Gasteiger partial charge in [0.05, 0.1) is 0 Å². The van der Waals surface area contributed by atoms with Crippen molar-refractivity contribution >= 4 is 28.9 Å². The maximum absolute atomic E-state index is 12.4. The minimum atomic E-state index is -0.428. The van der Waals surface area contributed by atoms with E-state index >= 15 is 0 Å². The maximum Gasteiger partial charge on any atom is 0.267 e. The average molecular weight is 338 g/mol. The zero-order valence-corrected chi connectivity index (χ0v) is 13.8. The van der Waals surface area contributed by atoms with Crippen molar-refractivity contribution in [2.45, 2.75) is 12.8 Å². The molecule has 1 heterocycles. The van der Waals surface area contributed by atoms with Crippen molar-refractivity contribution in [1.82, 2.24) is 0 Å². The number of rotatable bonds is 3. The molecular formula is C19H16ClN3O. The Hall–Kier alpha value is -2.77. The predicted molar refractivity (Wildman–Crippen MR) is 95.9 cm³/mol. The van der Waals surface area contributed by atoms with E-state index in [9.17, 15) is 10.1 Å².